The quantitative estimate of drug-likeness (QED) is 0.519. The Balaban J connectivity index is 1.34. The van der Waals surface area contributed by atoms with Gasteiger partial charge in [-0.1, -0.05) is 45.9 Å². The summed E-state index contributed by atoms with van der Waals surface area (Å²) in [5.41, 5.74) is 1.16. The maximum Gasteiger partial charge on any atom is 0.309 e. The van der Waals surface area contributed by atoms with Crippen molar-refractivity contribution in [1.29, 1.82) is 0 Å². The third kappa shape index (κ3) is 5.54. The van der Waals surface area contributed by atoms with E-state index in [1.165, 1.54) is 29.2 Å². The monoisotopic (exact) mass is 451 g/mol. The largest absolute Gasteiger partial charge is 0.490 e. The summed E-state index contributed by atoms with van der Waals surface area (Å²) in [6.45, 7) is 11.7. The molecule has 0 atom stereocenters. The predicted molar refractivity (Wildman–Crippen MR) is 135 cm³/mol. The van der Waals surface area contributed by atoms with Crippen LogP contribution in [0.3, 0.4) is 0 Å². The van der Waals surface area contributed by atoms with Gasteiger partial charge in [0.05, 0.1) is 11.5 Å². The Morgan fingerprint density at radius 3 is 2.27 bits per heavy atom. The molecule has 4 heteroatoms. The zero-order valence-electron chi connectivity index (χ0n) is 20.9. The molecule has 1 aliphatic heterocycles. The molecule has 2 aliphatic rings. The number of hydrogen-bond donors (Lipinski definition) is 1. The summed E-state index contributed by atoms with van der Waals surface area (Å²) in [4.78, 5) is 14.1. The summed E-state index contributed by atoms with van der Waals surface area (Å²) in [6, 6.07) is 13.2. The lowest BCUT2D eigenvalue weighted by Gasteiger charge is -2.38. The van der Waals surface area contributed by atoms with Gasteiger partial charge in [0.1, 0.15) is 5.75 Å². The lowest BCUT2D eigenvalue weighted by Crippen LogP contribution is -2.43. The van der Waals surface area contributed by atoms with Crippen LogP contribution in [0.15, 0.2) is 36.4 Å². The molecule has 1 heterocycles. The van der Waals surface area contributed by atoms with Gasteiger partial charge in [-0.05, 0) is 104 Å². The van der Waals surface area contributed by atoms with E-state index in [2.05, 4.69) is 62.1 Å². The molecule has 1 N–H and O–H groups in total. The first-order valence-electron chi connectivity index (χ1n) is 12.8. The Kier molecular flexibility index (Phi) is 7.04. The average Bonchev–Trinajstić information content (AvgIpc) is 2.79. The predicted octanol–water partition coefficient (Wildman–Crippen LogP) is 6.90. The highest BCUT2D eigenvalue weighted by Crippen LogP contribution is 2.39. The van der Waals surface area contributed by atoms with Gasteiger partial charge in [0.2, 0.25) is 0 Å². The average molecular weight is 452 g/mol. The van der Waals surface area contributed by atoms with Gasteiger partial charge in [-0.2, -0.15) is 0 Å². The Hall–Kier alpha value is -2.07. The van der Waals surface area contributed by atoms with Gasteiger partial charge < -0.3 is 9.84 Å². The van der Waals surface area contributed by atoms with Gasteiger partial charge in [-0.25, -0.2) is 0 Å². The van der Waals surface area contributed by atoms with E-state index < -0.39 is 11.4 Å². The number of carboxylic acids is 1. The first-order chi connectivity index (χ1) is 15.7. The lowest BCUT2D eigenvalue weighted by atomic mass is 9.72. The standard InChI is InChI=1S/C29H41NO3/c1-5-29(27(31)32)14-16-30(17-15-29)20-21-6-7-23-19-26(11-8-22(23)18-21)33-25-12-9-24(10-13-25)28(2,3)4/h6-8,11,18-19,24-25H,5,9-10,12-17,20H2,1-4H3,(H,31,32)/t24-,25-. The van der Waals surface area contributed by atoms with Crippen molar-refractivity contribution in [2.75, 3.05) is 13.1 Å². The molecule has 0 amide bonds. The van der Waals surface area contributed by atoms with E-state index in [0.29, 0.717) is 17.9 Å². The van der Waals surface area contributed by atoms with E-state index in [9.17, 15) is 9.90 Å². The summed E-state index contributed by atoms with van der Waals surface area (Å²) < 4.78 is 6.37. The van der Waals surface area contributed by atoms with Crippen molar-refractivity contribution in [1.82, 2.24) is 4.90 Å². The molecule has 1 saturated carbocycles. The van der Waals surface area contributed by atoms with Gasteiger partial charge in [-0.15, -0.1) is 0 Å². The molecule has 33 heavy (non-hydrogen) atoms. The number of piperidine rings is 1. The van der Waals surface area contributed by atoms with Crippen LogP contribution in [0.1, 0.15) is 78.2 Å². The molecule has 0 spiro atoms. The lowest BCUT2D eigenvalue weighted by molar-refractivity contribution is -0.152. The third-order valence-electron chi connectivity index (χ3n) is 8.43. The second kappa shape index (κ2) is 9.66. The second-order valence-corrected chi connectivity index (χ2v) is 11.5. The fourth-order valence-electron chi connectivity index (χ4n) is 5.80. The number of carbonyl (C=O) groups is 1. The van der Waals surface area contributed by atoms with Crippen LogP contribution in [0, 0.1) is 16.7 Å². The smallest absolute Gasteiger partial charge is 0.309 e. The van der Waals surface area contributed by atoms with Crippen LogP contribution in [0.25, 0.3) is 10.8 Å². The van der Waals surface area contributed by atoms with Crippen LogP contribution >= 0.6 is 0 Å². The summed E-state index contributed by atoms with van der Waals surface area (Å²) in [5, 5.41) is 12.1. The van der Waals surface area contributed by atoms with Gasteiger partial charge >= 0.3 is 5.97 Å². The fraction of sp³-hybridized carbons (Fsp3) is 0.621. The molecular weight excluding hydrogens is 410 g/mol. The van der Waals surface area contributed by atoms with Crippen molar-refractivity contribution in [2.24, 2.45) is 16.7 Å². The van der Waals surface area contributed by atoms with Gasteiger partial charge in [0, 0.05) is 6.54 Å². The first-order valence-corrected chi connectivity index (χ1v) is 12.8. The van der Waals surface area contributed by atoms with Crippen molar-refractivity contribution < 1.29 is 14.6 Å². The van der Waals surface area contributed by atoms with Gasteiger partial charge in [-0.3, -0.25) is 9.69 Å². The van der Waals surface area contributed by atoms with Gasteiger partial charge in [0.15, 0.2) is 0 Å². The number of carboxylic acid groups (broad SMARTS) is 1. The highest BCUT2D eigenvalue weighted by molar-refractivity contribution is 5.84. The minimum Gasteiger partial charge on any atom is -0.490 e. The summed E-state index contributed by atoms with van der Waals surface area (Å²) >= 11 is 0. The number of likely N-dealkylation sites (tertiary alicyclic amines) is 1. The van der Waals surface area contributed by atoms with E-state index in [4.69, 9.17) is 4.74 Å². The minimum absolute atomic E-state index is 0.334. The van der Waals surface area contributed by atoms with Crippen molar-refractivity contribution in [3.8, 4) is 5.75 Å². The Bertz CT molecular complexity index is 960. The van der Waals surface area contributed by atoms with Crippen molar-refractivity contribution in [3.63, 3.8) is 0 Å². The highest BCUT2D eigenvalue weighted by atomic mass is 16.5. The van der Waals surface area contributed by atoms with Crippen molar-refractivity contribution >= 4 is 16.7 Å². The summed E-state index contributed by atoms with van der Waals surface area (Å²) in [6.07, 6.45) is 7.34. The molecule has 2 aromatic rings. The Labute approximate surface area is 199 Å². The van der Waals surface area contributed by atoms with Crippen LogP contribution in [-0.2, 0) is 11.3 Å². The Morgan fingerprint density at radius 1 is 1.03 bits per heavy atom. The van der Waals surface area contributed by atoms with Crippen LogP contribution in [0.5, 0.6) is 5.75 Å². The first kappa shape index (κ1) is 24.1. The molecule has 2 aromatic carbocycles. The molecule has 0 bridgehead atoms. The molecule has 2 fully saturated rings. The van der Waals surface area contributed by atoms with Crippen LogP contribution in [0.2, 0.25) is 0 Å². The topological polar surface area (TPSA) is 49.8 Å². The van der Waals surface area contributed by atoms with Crippen molar-refractivity contribution in [2.45, 2.75) is 85.3 Å². The number of benzene rings is 2. The number of ether oxygens (including phenoxy) is 1. The van der Waals surface area contributed by atoms with E-state index in [1.807, 2.05) is 6.92 Å². The Morgan fingerprint density at radius 2 is 1.67 bits per heavy atom. The molecule has 1 saturated heterocycles. The molecule has 0 radical (unpaired) electrons. The molecule has 180 valence electrons. The van der Waals surface area contributed by atoms with Crippen molar-refractivity contribution in [3.05, 3.63) is 42.0 Å². The van der Waals surface area contributed by atoms with Crippen LogP contribution in [0.4, 0.5) is 0 Å². The number of rotatable bonds is 6. The van der Waals surface area contributed by atoms with Gasteiger partial charge in [0.25, 0.3) is 0 Å². The van der Waals surface area contributed by atoms with E-state index in [0.717, 1.165) is 57.0 Å². The molecule has 4 nitrogen and oxygen atoms in total. The normalized spacial score (nSPS) is 24.0. The molecule has 0 aromatic heterocycles. The number of fused-ring (bicyclic) bond motifs is 1. The number of hydrogen-bond acceptors (Lipinski definition) is 3. The zero-order chi connectivity index (χ0) is 23.6. The zero-order valence-corrected chi connectivity index (χ0v) is 20.9. The molecule has 0 unspecified atom stereocenters. The summed E-state index contributed by atoms with van der Waals surface area (Å²) in [7, 11) is 0. The maximum absolute atomic E-state index is 11.7. The van der Waals surface area contributed by atoms with Crippen LogP contribution in [-0.4, -0.2) is 35.2 Å². The third-order valence-corrected chi connectivity index (χ3v) is 8.43. The SMILES string of the molecule is CCC1(C(=O)O)CCN(Cc2ccc3cc(O[C@H]4CC[C@H](C(C)(C)C)CC4)ccc3c2)CC1. The fourth-order valence-corrected chi connectivity index (χ4v) is 5.80. The molecule has 1 aliphatic carbocycles. The molecule has 4 rings (SSSR count). The number of aliphatic carboxylic acids is 1. The minimum atomic E-state index is -0.629. The van der Waals surface area contributed by atoms with E-state index in [1.54, 1.807) is 0 Å². The number of nitrogens with zero attached hydrogens (tertiary/aromatic N) is 1. The van der Waals surface area contributed by atoms with Crippen LogP contribution < -0.4 is 4.74 Å². The molecular formula is C29H41NO3. The summed E-state index contributed by atoms with van der Waals surface area (Å²) in [5.74, 6) is 1.15. The maximum atomic E-state index is 11.7. The second-order valence-electron chi connectivity index (χ2n) is 11.5. The highest BCUT2D eigenvalue weighted by Gasteiger charge is 2.39. The van der Waals surface area contributed by atoms with E-state index >= 15 is 0 Å². The van der Waals surface area contributed by atoms with E-state index in [-0.39, 0.29) is 0 Å².